The van der Waals surface area contributed by atoms with Crippen LogP contribution in [0.2, 0.25) is 0 Å². The highest BCUT2D eigenvalue weighted by molar-refractivity contribution is 7.89. The molecular weight excluding hydrogens is 362 g/mol. The lowest BCUT2D eigenvalue weighted by Gasteiger charge is -2.28. The van der Waals surface area contributed by atoms with Crippen molar-refractivity contribution >= 4 is 10.0 Å². The minimum atomic E-state index is -3.64. The van der Waals surface area contributed by atoms with Crippen molar-refractivity contribution in [1.29, 1.82) is 5.26 Å². The molecule has 142 valence electrons. The molecule has 2 aromatic rings. The molecule has 7 heteroatoms. The Morgan fingerprint density at radius 3 is 2.30 bits per heavy atom. The van der Waals surface area contributed by atoms with Crippen molar-refractivity contribution in [3.8, 4) is 11.8 Å². The van der Waals surface area contributed by atoms with Gasteiger partial charge in [0.2, 0.25) is 10.0 Å². The first-order valence-electron chi connectivity index (χ1n) is 8.91. The van der Waals surface area contributed by atoms with Gasteiger partial charge in [-0.25, -0.2) is 13.1 Å². The largest absolute Gasteiger partial charge is 0.497 e. The summed E-state index contributed by atoms with van der Waals surface area (Å²) in [6.07, 6.45) is 2.24. The zero-order chi connectivity index (χ0) is 19.3. The fraction of sp³-hybridized carbons (Fsp3) is 0.350. The van der Waals surface area contributed by atoms with E-state index in [0.717, 1.165) is 37.2 Å². The van der Waals surface area contributed by atoms with E-state index in [1.54, 1.807) is 7.11 Å². The van der Waals surface area contributed by atoms with Crippen LogP contribution in [-0.2, 0) is 10.0 Å². The quantitative estimate of drug-likeness (QED) is 0.792. The normalized spacial score (nSPS) is 16.0. The van der Waals surface area contributed by atoms with Crippen molar-refractivity contribution in [2.75, 3.05) is 26.7 Å². The second-order valence-corrected chi connectivity index (χ2v) is 8.29. The van der Waals surface area contributed by atoms with Crippen LogP contribution in [0.3, 0.4) is 0 Å². The highest BCUT2D eigenvalue weighted by Gasteiger charge is 2.25. The molecule has 27 heavy (non-hydrogen) atoms. The van der Waals surface area contributed by atoms with Crippen LogP contribution in [-0.4, -0.2) is 40.1 Å². The molecule has 2 aromatic carbocycles. The number of nitriles is 1. The molecule has 1 fully saturated rings. The minimum Gasteiger partial charge on any atom is -0.497 e. The van der Waals surface area contributed by atoms with E-state index in [9.17, 15) is 8.42 Å². The highest BCUT2D eigenvalue weighted by atomic mass is 32.2. The zero-order valence-electron chi connectivity index (χ0n) is 15.3. The van der Waals surface area contributed by atoms with E-state index in [1.165, 1.54) is 24.3 Å². The Morgan fingerprint density at radius 2 is 1.74 bits per heavy atom. The predicted octanol–water partition coefficient (Wildman–Crippen LogP) is 2.68. The first kappa shape index (κ1) is 19.4. The fourth-order valence-corrected chi connectivity index (χ4v) is 4.36. The van der Waals surface area contributed by atoms with Crippen molar-refractivity contribution in [1.82, 2.24) is 9.62 Å². The van der Waals surface area contributed by atoms with Crippen molar-refractivity contribution in [2.45, 2.75) is 23.8 Å². The summed E-state index contributed by atoms with van der Waals surface area (Å²) in [6.45, 7) is 2.19. The van der Waals surface area contributed by atoms with Crippen LogP contribution >= 0.6 is 0 Å². The molecule has 3 rings (SSSR count). The molecule has 0 aromatic heterocycles. The Kier molecular flexibility index (Phi) is 6.11. The fourth-order valence-electron chi connectivity index (χ4n) is 3.32. The van der Waals surface area contributed by atoms with Crippen molar-refractivity contribution in [3.63, 3.8) is 0 Å². The molecule has 1 saturated heterocycles. The topological polar surface area (TPSA) is 82.4 Å². The molecule has 6 nitrogen and oxygen atoms in total. The van der Waals surface area contributed by atoms with Gasteiger partial charge in [-0.3, -0.25) is 4.90 Å². The van der Waals surface area contributed by atoms with Crippen LogP contribution in [0, 0.1) is 11.3 Å². The molecule has 1 aliphatic heterocycles. The lowest BCUT2D eigenvalue weighted by atomic mass is 10.1. The van der Waals surface area contributed by atoms with E-state index in [-0.39, 0.29) is 17.5 Å². The number of rotatable bonds is 7. The van der Waals surface area contributed by atoms with Gasteiger partial charge in [0.05, 0.1) is 23.6 Å². The number of methoxy groups -OCH3 is 1. The van der Waals surface area contributed by atoms with Crippen molar-refractivity contribution in [3.05, 3.63) is 59.7 Å². The number of likely N-dealkylation sites (tertiary alicyclic amines) is 1. The van der Waals surface area contributed by atoms with Crippen molar-refractivity contribution < 1.29 is 13.2 Å². The van der Waals surface area contributed by atoms with E-state index in [2.05, 4.69) is 9.62 Å². The third-order valence-corrected chi connectivity index (χ3v) is 6.28. The summed E-state index contributed by atoms with van der Waals surface area (Å²) in [7, 11) is -2.02. The number of ether oxygens (including phenoxy) is 1. The van der Waals surface area contributed by atoms with Crippen LogP contribution < -0.4 is 9.46 Å². The molecule has 1 atom stereocenters. The van der Waals surface area contributed by atoms with E-state index in [0.29, 0.717) is 5.56 Å². The van der Waals surface area contributed by atoms with Gasteiger partial charge in [0, 0.05) is 12.6 Å². The third-order valence-electron chi connectivity index (χ3n) is 4.84. The molecule has 0 saturated carbocycles. The standard InChI is InChI=1S/C20H23N3O3S/c1-26-18-8-6-17(7-9-18)20(23-12-2-3-13-23)15-22-27(24,25)19-10-4-16(14-21)5-11-19/h4-11,20,22H,2-3,12-13,15H2,1H3. The number of nitrogens with one attached hydrogen (secondary N) is 1. The van der Waals surface area contributed by atoms with Crippen molar-refractivity contribution in [2.24, 2.45) is 0 Å². The maximum absolute atomic E-state index is 12.7. The Labute approximate surface area is 160 Å². The molecule has 0 amide bonds. The number of hydrogen-bond donors (Lipinski definition) is 1. The van der Waals surface area contributed by atoms with E-state index in [4.69, 9.17) is 10.00 Å². The lowest BCUT2D eigenvalue weighted by Crippen LogP contribution is -2.36. The van der Waals surface area contributed by atoms with Crippen LogP contribution in [0.15, 0.2) is 53.4 Å². The summed E-state index contributed by atoms with van der Waals surface area (Å²) < 4.78 is 33.3. The summed E-state index contributed by atoms with van der Waals surface area (Å²) in [5.74, 6) is 0.775. The smallest absolute Gasteiger partial charge is 0.240 e. The van der Waals surface area contributed by atoms with Crippen LogP contribution in [0.25, 0.3) is 0 Å². The maximum atomic E-state index is 12.7. The second kappa shape index (κ2) is 8.53. The SMILES string of the molecule is COc1ccc(C(CNS(=O)(=O)c2ccc(C#N)cc2)N2CCCC2)cc1. The Hall–Kier alpha value is -2.40. The first-order valence-corrected chi connectivity index (χ1v) is 10.4. The highest BCUT2D eigenvalue weighted by Crippen LogP contribution is 2.26. The first-order chi connectivity index (χ1) is 13.0. The van der Waals surface area contributed by atoms with Crippen LogP contribution in [0.5, 0.6) is 5.75 Å². The Morgan fingerprint density at radius 1 is 1.11 bits per heavy atom. The molecular formula is C20H23N3O3S. The molecule has 1 aliphatic rings. The monoisotopic (exact) mass is 385 g/mol. The number of nitrogens with zero attached hydrogens (tertiary/aromatic N) is 2. The number of hydrogen-bond acceptors (Lipinski definition) is 5. The second-order valence-electron chi connectivity index (χ2n) is 6.52. The molecule has 1 heterocycles. The van der Waals surface area contributed by atoms with Crippen LogP contribution in [0.1, 0.15) is 30.0 Å². The number of benzene rings is 2. The van der Waals surface area contributed by atoms with Gasteiger partial charge in [-0.1, -0.05) is 12.1 Å². The van der Waals surface area contributed by atoms with Gasteiger partial charge in [0.1, 0.15) is 5.75 Å². The van der Waals surface area contributed by atoms with Gasteiger partial charge in [0.25, 0.3) is 0 Å². The van der Waals surface area contributed by atoms with Gasteiger partial charge in [0.15, 0.2) is 0 Å². The molecule has 0 bridgehead atoms. The van der Waals surface area contributed by atoms with E-state index in [1.807, 2.05) is 30.3 Å². The average molecular weight is 385 g/mol. The number of sulfonamides is 1. The summed E-state index contributed by atoms with van der Waals surface area (Å²) in [4.78, 5) is 2.47. The third kappa shape index (κ3) is 4.66. The average Bonchev–Trinajstić information content (AvgIpc) is 3.23. The summed E-state index contributed by atoms with van der Waals surface area (Å²) in [6, 6.07) is 15.7. The molecule has 1 N–H and O–H groups in total. The lowest BCUT2D eigenvalue weighted by molar-refractivity contribution is 0.246. The van der Waals surface area contributed by atoms with Gasteiger partial charge in [-0.2, -0.15) is 5.26 Å². The Balaban J connectivity index is 1.77. The Bertz CT molecular complexity index is 897. The molecule has 0 radical (unpaired) electrons. The molecule has 1 unspecified atom stereocenters. The zero-order valence-corrected chi connectivity index (χ0v) is 16.1. The summed E-state index contributed by atoms with van der Waals surface area (Å²) in [5, 5.41) is 8.86. The van der Waals surface area contributed by atoms with E-state index < -0.39 is 10.0 Å². The predicted molar refractivity (Wildman–Crippen MR) is 103 cm³/mol. The van der Waals surface area contributed by atoms with Gasteiger partial charge >= 0.3 is 0 Å². The molecule has 0 spiro atoms. The summed E-state index contributed by atoms with van der Waals surface area (Å²) in [5.41, 5.74) is 1.49. The van der Waals surface area contributed by atoms with Gasteiger partial charge in [-0.15, -0.1) is 0 Å². The molecule has 0 aliphatic carbocycles. The maximum Gasteiger partial charge on any atom is 0.240 e. The van der Waals surface area contributed by atoms with Gasteiger partial charge in [-0.05, 0) is 67.9 Å². The van der Waals surface area contributed by atoms with E-state index >= 15 is 0 Å². The van der Waals surface area contributed by atoms with Gasteiger partial charge < -0.3 is 4.74 Å². The summed E-state index contributed by atoms with van der Waals surface area (Å²) >= 11 is 0. The minimum absolute atomic E-state index is 0.0356. The van der Waals surface area contributed by atoms with Crippen LogP contribution in [0.4, 0.5) is 0 Å².